The average molecular weight is 547 g/mol. The SMILES string of the molecule is CC1CCN(c2ccc(N3C(=S)N[C@H](c4ccccn4)[C@@H]3c3ccc(-c4ccc(F)cc4)o3)cc2Cl)CC1. The first-order valence-electron chi connectivity index (χ1n) is 12.9. The Kier molecular flexibility index (Phi) is 6.80. The summed E-state index contributed by atoms with van der Waals surface area (Å²) in [7, 11) is 0. The summed E-state index contributed by atoms with van der Waals surface area (Å²) < 4.78 is 19.9. The van der Waals surface area contributed by atoms with E-state index >= 15 is 0 Å². The second-order valence-corrected chi connectivity index (χ2v) is 10.8. The second-order valence-electron chi connectivity index (χ2n) is 10.0. The van der Waals surface area contributed by atoms with Gasteiger partial charge in [-0.25, -0.2) is 4.39 Å². The minimum absolute atomic E-state index is 0.238. The van der Waals surface area contributed by atoms with E-state index in [1.165, 1.54) is 25.0 Å². The maximum atomic E-state index is 13.5. The minimum Gasteiger partial charge on any atom is -0.459 e. The molecule has 2 fully saturated rings. The molecule has 2 aromatic heterocycles. The van der Waals surface area contributed by atoms with E-state index in [1.54, 1.807) is 18.3 Å². The van der Waals surface area contributed by atoms with Crippen molar-refractivity contribution in [3.63, 3.8) is 0 Å². The molecule has 0 amide bonds. The van der Waals surface area contributed by atoms with Crippen molar-refractivity contribution in [2.24, 2.45) is 5.92 Å². The van der Waals surface area contributed by atoms with Crippen molar-refractivity contribution in [2.75, 3.05) is 22.9 Å². The topological polar surface area (TPSA) is 44.5 Å². The van der Waals surface area contributed by atoms with Crippen LogP contribution in [0.25, 0.3) is 11.3 Å². The van der Waals surface area contributed by atoms with Crippen molar-refractivity contribution in [2.45, 2.75) is 31.8 Å². The zero-order chi connectivity index (χ0) is 26.2. The maximum Gasteiger partial charge on any atom is 0.174 e. The number of benzene rings is 2. The lowest BCUT2D eigenvalue weighted by Gasteiger charge is -2.33. The Morgan fingerprint density at radius 2 is 1.82 bits per heavy atom. The molecule has 5 nitrogen and oxygen atoms in total. The fourth-order valence-corrected chi connectivity index (χ4v) is 5.99. The molecule has 8 heteroatoms. The Labute approximate surface area is 232 Å². The second kappa shape index (κ2) is 10.4. The molecule has 4 heterocycles. The van der Waals surface area contributed by atoms with E-state index in [-0.39, 0.29) is 17.9 Å². The fourth-order valence-electron chi connectivity index (χ4n) is 5.35. The number of furan rings is 1. The van der Waals surface area contributed by atoms with Gasteiger partial charge < -0.3 is 19.5 Å². The number of hydrogen-bond donors (Lipinski definition) is 1. The van der Waals surface area contributed by atoms with Gasteiger partial charge in [0.1, 0.15) is 23.4 Å². The van der Waals surface area contributed by atoms with Gasteiger partial charge in [0, 0.05) is 30.5 Å². The van der Waals surface area contributed by atoms with Crippen LogP contribution in [0.15, 0.2) is 83.4 Å². The van der Waals surface area contributed by atoms with Gasteiger partial charge in [-0.15, -0.1) is 0 Å². The standard InChI is InChI=1S/C30H28ClFN4OS/c1-19-13-16-35(17-14-19)25-10-9-22(18-23(25)31)36-29(28(34-30(36)38)24-4-2-3-15-33-24)27-12-11-26(37-27)20-5-7-21(32)8-6-20/h2-12,15,18-19,28-29H,13-14,16-17H2,1H3,(H,34,38)/t28-,29+/m1/s1. The summed E-state index contributed by atoms with van der Waals surface area (Å²) in [6, 6.07) is 21.6. The molecule has 6 rings (SSSR count). The lowest BCUT2D eigenvalue weighted by Crippen LogP contribution is -2.33. The Bertz CT molecular complexity index is 1440. The Hall–Kier alpha value is -3.42. The molecule has 0 unspecified atom stereocenters. The predicted octanol–water partition coefficient (Wildman–Crippen LogP) is 7.55. The first kappa shape index (κ1) is 24.9. The van der Waals surface area contributed by atoms with Crippen LogP contribution < -0.4 is 15.1 Å². The molecule has 0 saturated carbocycles. The molecule has 0 spiro atoms. The molecule has 0 aliphatic carbocycles. The van der Waals surface area contributed by atoms with Crippen LogP contribution in [0.3, 0.4) is 0 Å². The minimum atomic E-state index is -0.302. The highest BCUT2D eigenvalue weighted by molar-refractivity contribution is 7.80. The van der Waals surface area contributed by atoms with Crippen molar-refractivity contribution in [3.05, 3.63) is 101 Å². The lowest BCUT2D eigenvalue weighted by atomic mass is 9.98. The Morgan fingerprint density at radius 1 is 1.03 bits per heavy atom. The van der Waals surface area contributed by atoms with Crippen LogP contribution in [-0.2, 0) is 0 Å². The van der Waals surface area contributed by atoms with E-state index in [9.17, 15) is 4.39 Å². The highest BCUT2D eigenvalue weighted by atomic mass is 35.5. The summed E-state index contributed by atoms with van der Waals surface area (Å²) in [6.45, 7) is 4.32. The molecule has 1 N–H and O–H groups in total. The highest BCUT2D eigenvalue weighted by Gasteiger charge is 2.42. The zero-order valence-electron chi connectivity index (χ0n) is 21.0. The third-order valence-corrected chi connectivity index (χ3v) is 8.10. The van der Waals surface area contributed by atoms with Gasteiger partial charge >= 0.3 is 0 Å². The monoisotopic (exact) mass is 546 g/mol. The Morgan fingerprint density at radius 3 is 2.53 bits per heavy atom. The third kappa shape index (κ3) is 4.76. The largest absolute Gasteiger partial charge is 0.459 e. The third-order valence-electron chi connectivity index (χ3n) is 7.48. The van der Waals surface area contributed by atoms with Gasteiger partial charge in [-0.2, -0.15) is 0 Å². The first-order valence-corrected chi connectivity index (χ1v) is 13.7. The molecule has 2 saturated heterocycles. The number of hydrogen-bond acceptors (Lipinski definition) is 4. The molecular weight excluding hydrogens is 519 g/mol. The van der Waals surface area contributed by atoms with Crippen molar-refractivity contribution in [3.8, 4) is 11.3 Å². The van der Waals surface area contributed by atoms with E-state index in [1.807, 2.05) is 36.4 Å². The van der Waals surface area contributed by atoms with Crippen molar-refractivity contribution >= 4 is 40.3 Å². The number of nitrogens with zero attached hydrogens (tertiary/aromatic N) is 3. The van der Waals surface area contributed by atoms with Crippen molar-refractivity contribution in [1.29, 1.82) is 0 Å². The number of rotatable bonds is 5. The summed E-state index contributed by atoms with van der Waals surface area (Å²) in [5.41, 5.74) is 3.59. The van der Waals surface area contributed by atoms with Gasteiger partial charge in [-0.05, 0) is 97.7 Å². The van der Waals surface area contributed by atoms with Gasteiger partial charge in [0.15, 0.2) is 5.11 Å². The van der Waals surface area contributed by atoms with E-state index < -0.39 is 0 Å². The molecule has 2 atom stereocenters. The highest BCUT2D eigenvalue weighted by Crippen LogP contribution is 2.44. The Balaban J connectivity index is 1.37. The number of anilines is 2. The number of halogens is 2. The van der Waals surface area contributed by atoms with Crippen LogP contribution in [0.2, 0.25) is 5.02 Å². The van der Waals surface area contributed by atoms with Crippen LogP contribution in [0.5, 0.6) is 0 Å². The molecule has 2 aliphatic rings. The maximum absolute atomic E-state index is 13.5. The number of nitrogens with one attached hydrogen (secondary N) is 1. The van der Waals surface area contributed by atoms with Crippen LogP contribution >= 0.6 is 23.8 Å². The molecule has 194 valence electrons. The lowest BCUT2D eigenvalue weighted by molar-refractivity contribution is 0.438. The average Bonchev–Trinajstić information content (AvgIpc) is 3.55. The van der Waals surface area contributed by atoms with E-state index in [0.717, 1.165) is 47.4 Å². The number of aromatic nitrogens is 1. The van der Waals surface area contributed by atoms with Gasteiger partial charge in [0.25, 0.3) is 0 Å². The fraction of sp³-hybridized carbons (Fsp3) is 0.267. The van der Waals surface area contributed by atoms with Gasteiger partial charge in [-0.1, -0.05) is 24.6 Å². The van der Waals surface area contributed by atoms with Crippen molar-refractivity contribution in [1.82, 2.24) is 10.3 Å². The molecule has 2 aromatic carbocycles. The van der Waals surface area contributed by atoms with Crippen LogP contribution in [0.4, 0.5) is 15.8 Å². The summed E-state index contributed by atoms with van der Waals surface area (Å²) in [6.07, 6.45) is 4.11. The first-order chi connectivity index (χ1) is 18.5. The molecule has 4 aromatic rings. The van der Waals surface area contributed by atoms with E-state index in [0.29, 0.717) is 15.9 Å². The van der Waals surface area contributed by atoms with E-state index in [4.69, 9.17) is 28.2 Å². The zero-order valence-corrected chi connectivity index (χ0v) is 22.6. The quantitative estimate of drug-likeness (QED) is 0.261. The van der Waals surface area contributed by atoms with Crippen LogP contribution in [0.1, 0.15) is 43.3 Å². The van der Waals surface area contributed by atoms with Gasteiger partial charge in [-0.3, -0.25) is 4.98 Å². The van der Waals surface area contributed by atoms with Crippen LogP contribution in [0, 0.1) is 11.7 Å². The number of thiocarbonyl (C=S) groups is 1. The molecular formula is C30H28ClFN4OS. The summed E-state index contributed by atoms with van der Waals surface area (Å²) in [5.74, 6) is 1.84. The number of pyridine rings is 1. The molecule has 0 radical (unpaired) electrons. The van der Waals surface area contributed by atoms with E-state index in [2.05, 4.69) is 39.2 Å². The predicted molar refractivity (Wildman–Crippen MR) is 154 cm³/mol. The molecule has 0 bridgehead atoms. The number of piperidine rings is 1. The van der Waals surface area contributed by atoms with Gasteiger partial charge in [0.2, 0.25) is 0 Å². The summed E-state index contributed by atoms with van der Waals surface area (Å²) >= 11 is 12.7. The summed E-state index contributed by atoms with van der Waals surface area (Å²) in [5, 5.41) is 4.73. The van der Waals surface area contributed by atoms with Crippen molar-refractivity contribution < 1.29 is 8.81 Å². The summed E-state index contributed by atoms with van der Waals surface area (Å²) in [4.78, 5) is 9.02. The smallest absolute Gasteiger partial charge is 0.174 e. The molecule has 38 heavy (non-hydrogen) atoms. The van der Waals surface area contributed by atoms with Crippen LogP contribution in [-0.4, -0.2) is 23.2 Å². The molecule has 2 aliphatic heterocycles. The normalized spacial score (nSPS) is 20.1. The van der Waals surface area contributed by atoms with Gasteiger partial charge in [0.05, 0.1) is 22.4 Å².